The maximum Gasteiger partial charge on any atom is 0.234 e. The van der Waals surface area contributed by atoms with Gasteiger partial charge < -0.3 is 5.32 Å². The lowest BCUT2D eigenvalue weighted by molar-refractivity contribution is -0.113. The first kappa shape index (κ1) is 21.4. The van der Waals surface area contributed by atoms with Gasteiger partial charge in [0.15, 0.2) is 11.0 Å². The summed E-state index contributed by atoms with van der Waals surface area (Å²) in [7, 11) is 0. The average molecular weight is 470 g/mol. The predicted molar refractivity (Wildman–Crippen MR) is 125 cm³/mol. The van der Waals surface area contributed by atoms with Crippen LogP contribution in [0.15, 0.2) is 72.1 Å². The molecule has 2 heterocycles. The Hall–Kier alpha value is -2.87. The summed E-state index contributed by atoms with van der Waals surface area (Å²) in [4.78, 5) is 16.7. The van der Waals surface area contributed by atoms with Crippen LogP contribution in [0.5, 0.6) is 0 Å². The number of carbonyl (C=O) groups is 1. The molecule has 0 bridgehead atoms. The predicted octanol–water partition coefficient (Wildman–Crippen LogP) is 5.68. The van der Waals surface area contributed by atoms with E-state index >= 15 is 0 Å². The van der Waals surface area contributed by atoms with Crippen LogP contribution in [-0.2, 0) is 4.79 Å². The third kappa shape index (κ3) is 5.25. The van der Waals surface area contributed by atoms with Gasteiger partial charge in [-0.1, -0.05) is 52.7 Å². The van der Waals surface area contributed by atoms with E-state index in [9.17, 15) is 4.79 Å². The van der Waals surface area contributed by atoms with E-state index in [1.54, 1.807) is 30.6 Å². The quantitative estimate of drug-likeness (QED) is 0.368. The molecule has 0 aliphatic heterocycles. The number of hydrogen-bond acceptors (Lipinski definition) is 5. The number of halogens is 2. The second kappa shape index (κ2) is 9.51. The summed E-state index contributed by atoms with van der Waals surface area (Å²) in [5.74, 6) is 0.590. The van der Waals surface area contributed by atoms with E-state index in [0.717, 1.165) is 16.8 Å². The topological polar surface area (TPSA) is 72.7 Å². The van der Waals surface area contributed by atoms with E-state index in [2.05, 4.69) is 20.5 Å². The summed E-state index contributed by atoms with van der Waals surface area (Å²) in [5, 5.41) is 13.0. The highest BCUT2D eigenvalue weighted by Crippen LogP contribution is 2.28. The van der Waals surface area contributed by atoms with Crippen LogP contribution < -0.4 is 5.32 Å². The molecule has 9 heteroatoms. The fraction of sp³-hybridized carbons (Fsp3) is 0.0909. The van der Waals surface area contributed by atoms with Gasteiger partial charge in [0.1, 0.15) is 0 Å². The smallest absolute Gasteiger partial charge is 0.234 e. The van der Waals surface area contributed by atoms with Crippen molar-refractivity contribution in [3.05, 3.63) is 82.6 Å². The summed E-state index contributed by atoms with van der Waals surface area (Å²) in [6.45, 7) is 2.03. The standard InChI is InChI=1S/C22H17Cl2N5OS/c1-14-4-6-19(7-5-14)29-21(15-3-2-8-25-12-15)27-28-22(29)31-13-20(30)26-18-10-16(23)9-17(24)11-18/h2-12H,13H2,1H3,(H,26,30). The lowest BCUT2D eigenvalue weighted by Gasteiger charge is -2.11. The highest BCUT2D eigenvalue weighted by Gasteiger charge is 2.17. The first-order valence-corrected chi connectivity index (χ1v) is 11.1. The number of amides is 1. The molecule has 0 saturated carbocycles. The van der Waals surface area contributed by atoms with Crippen LogP contribution in [0.2, 0.25) is 10.0 Å². The van der Waals surface area contributed by atoms with Gasteiger partial charge in [0, 0.05) is 39.4 Å². The molecule has 4 rings (SSSR count). The number of thioether (sulfide) groups is 1. The number of hydrogen-bond donors (Lipinski definition) is 1. The molecule has 31 heavy (non-hydrogen) atoms. The third-order valence-corrected chi connectivity index (χ3v) is 5.69. The Balaban J connectivity index is 1.58. The second-order valence-corrected chi connectivity index (χ2v) is 8.53. The molecule has 1 amide bonds. The number of aryl methyl sites for hydroxylation is 1. The van der Waals surface area contributed by atoms with Crippen molar-refractivity contribution in [2.24, 2.45) is 0 Å². The molecule has 2 aromatic carbocycles. The van der Waals surface area contributed by atoms with Gasteiger partial charge in [0.25, 0.3) is 0 Å². The van der Waals surface area contributed by atoms with Crippen LogP contribution in [-0.4, -0.2) is 31.4 Å². The monoisotopic (exact) mass is 469 g/mol. The Morgan fingerprint density at radius 3 is 2.48 bits per heavy atom. The zero-order valence-corrected chi connectivity index (χ0v) is 18.7. The van der Waals surface area contributed by atoms with Gasteiger partial charge in [-0.2, -0.15) is 0 Å². The minimum absolute atomic E-state index is 0.140. The van der Waals surface area contributed by atoms with Gasteiger partial charge >= 0.3 is 0 Å². The molecular weight excluding hydrogens is 453 g/mol. The van der Waals surface area contributed by atoms with Gasteiger partial charge in [-0.25, -0.2) is 0 Å². The third-order valence-electron chi connectivity index (χ3n) is 4.32. The van der Waals surface area contributed by atoms with Crippen LogP contribution in [0.4, 0.5) is 5.69 Å². The molecule has 0 fully saturated rings. The average Bonchev–Trinajstić information content (AvgIpc) is 3.17. The molecule has 0 aliphatic rings. The van der Waals surface area contributed by atoms with Crippen LogP contribution in [0.3, 0.4) is 0 Å². The Morgan fingerprint density at radius 1 is 1.06 bits per heavy atom. The number of pyridine rings is 1. The van der Waals surface area contributed by atoms with E-state index < -0.39 is 0 Å². The van der Waals surface area contributed by atoms with E-state index in [1.807, 2.05) is 47.9 Å². The van der Waals surface area contributed by atoms with Crippen molar-refractivity contribution in [3.63, 3.8) is 0 Å². The molecule has 0 spiro atoms. The second-order valence-electron chi connectivity index (χ2n) is 6.71. The molecular formula is C22H17Cl2N5OS. The van der Waals surface area contributed by atoms with Crippen LogP contribution in [0.1, 0.15) is 5.56 Å². The van der Waals surface area contributed by atoms with Crippen molar-refractivity contribution in [1.29, 1.82) is 0 Å². The maximum absolute atomic E-state index is 12.5. The van der Waals surface area contributed by atoms with Crippen molar-refractivity contribution in [3.8, 4) is 17.1 Å². The van der Waals surface area contributed by atoms with Crippen LogP contribution in [0, 0.1) is 6.92 Å². The normalized spacial score (nSPS) is 10.8. The van der Waals surface area contributed by atoms with Crippen LogP contribution in [0.25, 0.3) is 17.1 Å². The minimum atomic E-state index is -0.204. The Kier molecular flexibility index (Phi) is 6.56. The summed E-state index contributed by atoms with van der Waals surface area (Å²) in [6, 6.07) is 16.7. The number of rotatable bonds is 6. The number of nitrogens with one attached hydrogen (secondary N) is 1. The fourth-order valence-electron chi connectivity index (χ4n) is 2.93. The summed E-state index contributed by atoms with van der Waals surface area (Å²) in [5.41, 5.74) is 3.42. The number of benzene rings is 2. The molecule has 0 atom stereocenters. The molecule has 1 N–H and O–H groups in total. The van der Waals surface area contributed by atoms with Crippen molar-refractivity contribution < 1.29 is 4.79 Å². The lowest BCUT2D eigenvalue weighted by atomic mass is 10.2. The molecule has 0 saturated heterocycles. The van der Waals surface area contributed by atoms with E-state index in [4.69, 9.17) is 23.2 Å². The fourth-order valence-corrected chi connectivity index (χ4v) is 4.20. The number of anilines is 1. The first-order chi connectivity index (χ1) is 15.0. The molecule has 4 aromatic rings. The van der Waals surface area contributed by atoms with Gasteiger partial charge in [-0.15, -0.1) is 10.2 Å². The van der Waals surface area contributed by atoms with E-state index in [1.165, 1.54) is 11.8 Å². The van der Waals surface area contributed by atoms with Gasteiger partial charge in [0.2, 0.25) is 5.91 Å². The molecule has 6 nitrogen and oxygen atoms in total. The lowest BCUT2D eigenvalue weighted by Crippen LogP contribution is -2.14. The number of nitrogens with zero attached hydrogens (tertiary/aromatic N) is 4. The summed E-state index contributed by atoms with van der Waals surface area (Å²) >= 11 is 13.3. The molecule has 156 valence electrons. The molecule has 0 radical (unpaired) electrons. The Morgan fingerprint density at radius 2 is 1.81 bits per heavy atom. The van der Waals surface area contributed by atoms with Crippen molar-refractivity contribution in [1.82, 2.24) is 19.7 Å². The highest BCUT2D eigenvalue weighted by atomic mass is 35.5. The molecule has 0 aliphatic carbocycles. The SMILES string of the molecule is Cc1ccc(-n2c(SCC(=O)Nc3cc(Cl)cc(Cl)c3)nnc2-c2cccnc2)cc1. The Labute approximate surface area is 193 Å². The van der Waals surface area contributed by atoms with E-state index in [0.29, 0.717) is 26.7 Å². The maximum atomic E-state index is 12.5. The van der Waals surface area contributed by atoms with Crippen molar-refractivity contribution in [2.45, 2.75) is 12.1 Å². The van der Waals surface area contributed by atoms with E-state index in [-0.39, 0.29) is 11.7 Å². The zero-order chi connectivity index (χ0) is 21.8. The van der Waals surface area contributed by atoms with Crippen molar-refractivity contribution in [2.75, 3.05) is 11.1 Å². The summed E-state index contributed by atoms with van der Waals surface area (Å²) < 4.78 is 1.92. The van der Waals surface area contributed by atoms with Crippen molar-refractivity contribution >= 4 is 46.6 Å². The largest absolute Gasteiger partial charge is 0.325 e. The van der Waals surface area contributed by atoms with Gasteiger partial charge in [0.05, 0.1) is 5.75 Å². The first-order valence-electron chi connectivity index (χ1n) is 9.31. The Bertz CT molecular complexity index is 1190. The highest BCUT2D eigenvalue weighted by molar-refractivity contribution is 7.99. The number of aromatic nitrogens is 4. The van der Waals surface area contributed by atoms with Gasteiger partial charge in [-0.3, -0.25) is 14.3 Å². The van der Waals surface area contributed by atoms with Gasteiger partial charge in [-0.05, 0) is 49.4 Å². The van der Waals surface area contributed by atoms with Crippen LogP contribution >= 0.6 is 35.0 Å². The zero-order valence-electron chi connectivity index (χ0n) is 16.4. The molecule has 2 aromatic heterocycles. The molecule has 0 unspecified atom stereocenters. The summed E-state index contributed by atoms with van der Waals surface area (Å²) in [6.07, 6.45) is 3.44. The minimum Gasteiger partial charge on any atom is -0.325 e. The number of carbonyl (C=O) groups excluding carboxylic acids is 1.